The molecule has 0 amide bonds. The molecule has 0 radical (unpaired) electrons. The van der Waals surface area contributed by atoms with Crippen molar-refractivity contribution in [3.05, 3.63) is 145 Å². The molecule has 2 aromatic heterocycles. The summed E-state index contributed by atoms with van der Waals surface area (Å²) in [5.74, 6) is 2.39. The van der Waals surface area contributed by atoms with Crippen molar-refractivity contribution in [2.45, 2.75) is 149 Å². The SMILES string of the molecule is C=CC(=O)OCCCCCCc1ccc(N(c2ccc(CCCCCC)cc2)c2[se]c(-c3[se]c(N(c4ccc(CCCCCC)cc4)c4ccc(C(CCCCC)OC(=O)C=C)cc4)c4c3OCCO4)c3c2OCCO3)cc1. The van der Waals surface area contributed by atoms with Crippen LogP contribution >= 0.6 is 0 Å². The molecule has 4 aromatic carbocycles. The van der Waals surface area contributed by atoms with Gasteiger partial charge in [0.2, 0.25) is 0 Å². The summed E-state index contributed by atoms with van der Waals surface area (Å²) < 4.78 is 42.5. The van der Waals surface area contributed by atoms with Gasteiger partial charge in [0.15, 0.2) is 0 Å². The Morgan fingerprint density at radius 2 is 0.859 bits per heavy atom. The van der Waals surface area contributed by atoms with E-state index < -0.39 is 5.97 Å². The summed E-state index contributed by atoms with van der Waals surface area (Å²) in [6, 6.07) is 35.7. The number of carbonyl (C=O) groups excluding carboxylic acids is 2. The molecule has 0 fully saturated rings. The van der Waals surface area contributed by atoms with Crippen molar-refractivity contribution in [2.24, 2.45) is 0 Å². The minimum absolute atomic E-state index is 0.264. The van der Waals surface area contributed by atoms with Gasteiger partial charge in [-0.1, -0.05) is 6.58 Å². The van der Waals surface area contributed by atoms with E-state index in [0.29, 0.717) is 33.0 Å². The third kappa shape index (κ3) is 15.5. The molecule has 414 valence electrons. The topological polar surface area (TPSA) is 96.0 Å². The second-order valence-corrected chi connectivity index (χ2v) is 24.4. The average Bonchev–Trinajstić information content (AvgIpc) is 4.28. The number of hydrogen-bond acceptors (Lipinski definition) is 10. The average molecular weight is 1190 g/mol. The number of rotatable bonds is 32. The van der Waals surface area contributed by atoms with Crippen molar-refractivity contribution in [1.29, 1.82) is 0 Å². The van der Waals surface area contributed by atoms with Gasteiger partial charge in [-0.3, -0.25) is 0 Å². The molecular weight excluding hydrogens is 1110 g/mol. The van der Waals surface area contributed by atoms with Gasteiger partial charge in [0, 0.05) is 6.08 Å². The second kappa shape index (κ2) is 30.5. The molecule has 0 saturated carbocycles. The van der Waals surface area contributed by atoms with Gasteiger partial charge in [0.05, 0.1) is 0 Å². The third-order valence-corrected chi connectivity index (χ3v) is 19.9. The Morgan fingerprint density at radius 3 is 1.27 bits per heavy atom. The van der Waals surface area contributed by atoms with Crippen molar-refractivity contribution in [3.8, 4) is 31.9 Å². The standard InChI is InChI=1S/C66H80N2O8Se2/c1-6-11-14-19-23-48-27-35-52(36-28-48)67(53-37-31-50(32-38-53)25-21-16-17-22-43-71-57(69)9-4)65-61-59(72-44-46-74-61)63(77-65)64-60-62(75-47-45-73-60)66(78-64)68(54-39-29-49(30-40-54)24-20-15-12-7-2)55-41-33-51(34-42-55)56(26-18-13-8-3)76-58(70)10-5/h9-10,27-42,56H,4-8,11-26,43-47H2,1-3H3. The first-order chi connectivity index (χ1) is 38.3. The Kier molecular flexibility index (Phi) is 22.7. The fraction of sp³-hybridized carbons (Fsp3) is 0.424. The molecule has 6 aromatic rings. The Balaban J connectivity index is 1.18. The zero-order valence-electron chi connectivity index (χ0n) is 46.3. The summed E-state index contributed by atoms with van der Waals surface area (Å²) in [6.07, 6.45) is 22.8. The predicted octanol–water partition coefficient (Wildman–Crippen LogP) is 16.4. The molecule has 10 nitrogen and oxygen atoms in total. The molecule has 2 aliphatic rings. The maximum atomic E-state index is 12.6. The molecule has 1 unspecified atom stereocenters. The van der Waals surface area contributed by atoms with Gasteiger partial charge in [-0.2, -0.15) is 0 Å². The molecule has 0 bridgehead atoms. The normalized spacial score (nSPS) is 12.9. The number of anilines is 6. The van der Waals surface area contributed by atoms with Crippen LogP contribution in [0.3, 0.4) is 0 Å². The van der Waals surface area contributed by atoms with E-state index in [4.69, 9.17) is 28.4 Å². The molecule has 4 heterocycles. The number of hydrogen-bond donors (Lipinski definition) is 0. The minimum atomic E-state index is -0.413. The Morgan fingerprint density at radius 1 is 0.487 bits per heavy atom. The van der Waals surface area contributed by atoms with Gasteiger partial charge in [-0.25, -0.2) is 4.79 Å². The van der Waals surface area contributed by atoms with Gasteiger partial charge in [-0.05, 0) is 0 Å². The van der Waals surface area contributed by atoms with E-state index in [9.17, 15) is 9.59 Å². The Labute approximate surface area is 476 Å². The number of carbonyl (C=O) groups is 2. The van der Waals surface area contributed by atoms with Crippen LogP contribution in [0.15, 0.2) is 122 Å². The zero-order chi connectivity index (χ0) is 54.5. The monoisotopic (exact) mass is 1190 g/mol. The van der Waals surface area contributed by atoms with Gasteiger partial charge in [0.1, 0.15) is 0 Å². The Hall–Kier alpha value is -5.90. The molecule has 2 aliphatic heterocycles. The fourth-order valence-electron chi connectivity index (χ4n) is 10.1. The number of nitrogens with zero attached hydrogens (tertiary/aromatic N) is 2. The number of ether oxygens (including phenoxy) is 6. The first-order valence-electron chi connectivity index (χ1n) is 28.8. The van der Waals surface area contributed by atoms with Gasteiger partial charge in [-0.15, -0.1) is 0 Å². The molecule has 12 heteroatoms. The number of unbranched alkanes of at least 4 members (excludes halogenated alkanes) is 11. The van der Waals surface area contributed by atoms with Crippen molar-refractivity contribution in [3.63, 3.8) is 0 Å². The molecule has 0 spiro atoms. The van der Waals surface area contributed by atoms with Crippen LogP contribution in [-0.2, 0) is 38.3 Å². The van der Waals surface area contributed by atoms with E-state index in [0.717, 1.165) is 140 Å². The van der Waals surface area contributed by atoms with Crippen molar-refractivity contribution in [1.82, 2.24) is 0 Å². The van der Waals surface area contributed by atoms with E-state index in [1.165, 1.54) is 80.2 Å². The first kappa shape index (κ1) is 58.3. The first-order valence-corrected chi connectivity index (χ1v) is 32.2. The Bertz CT molecular complexity index is 2840. The van der Waals surface area contributed by atoms with Crippen LogP contribution in [0, 0.1) is 0 Å². The van der Waals surface area contributed by atoms with Crippen molar-refractivity contribution >= 4 is 72.8 Å². The van der Waals surface area contributed by atoms with Crippen LogP contribution in [0.1, 0.15) is 152 Å². The molecule has 0 saturated heterocycles. The quantitative estimate of drug-likeness (QED) is 0.0176. The summed E-state index contributed by atoms with van der Waals surface area (Å²) in [6.45, 7) is 16.1. The number of esters is 2. The fourth-order valence-corrected chi connectivity index (χ4v) is 15.9. The van der Waals surface area contributed by atoms with E-state index in [2.05, 4.69) is 141 Å². The van der Waals surface area contributed by atoms with Crippen LogP contribution in [0.25, 0.3) is 8.87 Å². The van der Waals surface area contributed by atoms with Gasteiger partial charge in [0.25, 0.3) is 0 Å². The van der Waals surface area contributed by atoms with Crippen LogP contribution in [0.2, 0.25) is 0 Å². The van der Waals surface area contributed by atoms with E-state index in [1.807, 2.05) is 0 Å². The predicted molar refractivity (Wildman–Crippen MR) is 319 cm³/mol. The van der Waals surface area contributed by atoms with Crippen LogP contribution in [-0.4, -0.2) is 74.0 Å². The summed E-state index contributed by atoms with van der Waals surface area (Å²) in [7, 11) is 0. The summed E-state index contributed by atoms with van der Waals surface area (Å²) in [4.78, 5) is 28.8. The summed E-state index contributed by atoms with van der Waals surface area (Å²) >= 11 is -0.554. The number of fused-ring (bicyclic) bond motifs is 2. The summed E-state index contributed by atoms with van der Waals surface area (Å²) in [5.41, 5.74) is 9.09. The van der Waals surface area contributed by atoms with Crippen molar-refractivity contribution < 1.29 is 38.0 Å². The summed E-state index contributed by atoms with van der Waals surface area (Å²) in [5, 5.41) is 0. The van der Waals surface area contributed by atoms with Crippen LogP contribution in [0.4, 0.5) is 31.9 Å². The number of benzene rings is 4. The van der Waals surface area contributed by atoms with Crippen LogP contribution < -0.4 is 28.7 Å². The molecule has 78 heavy (non-hydrogen) atoms. The van der Waals surface area contributed by atoms with E-state index >= 15 is 0 Å². The third-order valence-electron chi connectivity index (χ3n) is 14.4. The zero-order valence-corrected chi connectivity index (χ0v) is 49.8. The molecular formula is C66H80N2O8Se2. The van der Waals surface area contributed by atoms with Gasteiger partial charge < -0.3 is 4.74 Å². The van der Waals surface area contributed by atoms with Gasteiger partial charge >= 0.3 is 457 Å². The number of aryl methyl sites for hydroxylation is 3. The molecule has 0 aliphatic carbocycles. The molecule has 0 N–H and O–H groups in total. The van der Waals surface area contributed by atoms with Crippen LogP contribution in [0.5, 0.6) is 23.0 Å². The molecule has 8 rings (SSSR count). The van der Waals surface area contributed by atoms with E-state index in [-0.39, 0.29) is 41.1 Å². The second-order valence-electron chi connectivity index (χ2n) is 20.2. The molecule has 1 atom stereocenters. The maximum absolute atomic E-state index is 12.6. The van der Waals surface area contributed by atoms with E-state index in [1.54, 1.807) is 0 Å². The van der Waals surface area contributed by atoms with Crippen molar-refractivity contribution in [2.75, 3.05) is 42.8 Å².